The minimum Gasteiger partial charge on any atom is -0.491 e. The van der Waals surface area contributed by atoms with Crippen molar-refractivity contribution >= 4 is 0 Å². The Morgan fingerprint density at radius 3 is 1.24 bits per heavy atom. The summed E-state index contributed by atoms with van der Waals surface area (Å²) in [7, 11) is 0. The average Bonchev–Trinajstić information content (AvgIpc) is 2.83. The lowest BCUT2D eigenvalue weighted by Crippen LogP contribution is -2.51. The van der Waals surface area contributed by atoms with Gasteiger partial charge in [-0.3, -0.25) is 9.80 Å². The normalized spacial score (nSPS) is 17.2. The van der Waals surface area contributed by atoms with Gasteiger partial charge in [0.05, 0.1) is 0 Å². The predicted octanol–water partition coefficient (Wildman–Crippen LogP) is 3.73. The van der Waals surface area contributed by atoms with Crippen LogP contribution >= 0.6 is 0 Å². The van der Waals surface area contributed by atoms with E-state index in [4.69, 9.17) is 9.47 Å². The number of hydrogen-bond donors (Lipinski definition) is 2. The molecule has 1 fully saturated rings. The van der Waals surface area contributed by atoms with Crippen molar-refractivity contribution in [2.75, 3.05) is 52.5 Å². The molecule has 0 unspecified atom stereocenters. The Kier molecular flexibility index (Phi) is 10.2. The molecule has 2 atom stereocenters. The number of ether oxygens (including phenoxy) is 2. The van der Waals surface area contributed by atoms with E-state index in [0.29, 0.717) is 24.9 Å². The zero-order valence-electron chi connectivity index (χ0n) is 21.2. The fourth-order valence-corrected chi connectivity index (χ4v) is 4.14. The van der Waals surface area contributed by atoms with Gasteiger partial charge in [0.1, 0.15) is 36.9 Å². The third-order valence-electron chi connectivity index (χ3n) is 6.38. The van der Waals surface area contributed by atoms with E-state index in [1.54, 1.807) is 0 Å². The molecule has 0 amide bonds. The Labute approximate surface area is 205 Å². The van der Waals surface area contributed by atoms with Gasteiger partial charge in [0, 0.05) is 39.3 Å². The molecule has 1 aliphatic heterocycles. The standard InChI is InChI=1S/C28H42N2O4/c1-21(2)23-5-9-27(10-6-23)33-19-25(31)17-29-13-15-30(16-14-29)18-26(32)20-34-28-11-7-24(8-12-28)22(3)4/h5-12,21-22,25-26,31-32H,13-20H2,1-4H3/t25-,26-/m1/s1. The van der Waals surface area contributed by atoms with Gasteiger partial charge in [-0.15, -0.1) is 0 Å². The summed E-state index contributed by atoms with van der Waals surface area (Å²) >= 11 is 0. The zero-order chi connectivity index (χ0) is 24.5. The van der Waals surface area contributed by atoms with E-state index in [-0.39, 0.29) is 13.2 Å². The Morgan fingerprint density at radius 2 is 0.941 bits per heavy atom. The Bertz CT molecular complexity index is 759. The van der Waals surface area contributed by atoms with Gasteiger partial charge in [-0.1, -0.05) is 52.0 Å². The second kappa shape index (κ2) is 13.1. The number of β-amino-alcohol motifs (C(OH)–C–C–N with tert-alkyl or cyclic N) is 2. The second-order valence-corrected chi connectivity index (χ2v) is 9.98. The lowest BCUT2D eigenvalue weighted by atomic mass is 10.0. The first kappa shape index (κ1) is 26.5. The monoisotopic (exact) mass is 470 g/mol. The molecule has 2 N–H and O–H groups in total. The lowest BCUT2D eigenvalue weighted by Gasteiger charge is -2.36. The number of aliphatic hydroxyl groups is 2. The summed E-state index contributed by atoms with van der Waals surface area (Å²) in [5, 5.41) is 20.8. The Balaban J connectivity index is 1.30. The van der Waals surface area contributed by atoms with Crippen LogP contribution in [0.1, 0.15) is 50.7 Å². The van der Waals surface area contributed by atoms with Crippen molar-refractivity contribution in [3.05, 3.63) is 59.7 Å². The van der Waals surface area contributed by atoms with Gasteiger partial charge >= 0.3 is 0 Å². The molecule has 0 saturated carbocycles. The molecule has 0 spiro atoms. The number of hydrogen-bond acceptors (Lipinski definition) is 6. The van der Waals surface area contributed by atoms with E-state index in [1.165, 1.54) is 11.1 Å². The van der Waals surface area contributed by atoms with Gasteiger partial charge in [-0.2, -0.15) is 0 Å². The van der Waals surface area contributed by atoms with Gasteiger partial charge in [0.25, 0.3) is 0 Å². The number of rotatable bonds is 12. The fraction of sp³-hybridized carbons (Fsp3) is 0.571. The van der Waals surface area contributed by atoms with Crippen molar-refractivity contribution in [3.8, 4) is 11.5 Å². The lowest BCUT2D eigenvalue weighted by molar-refractivity contribution is 0.0240. The average molecular weight is 471 g/mol. The maximum Gasteiger partial charge on any atom is 0.119 e. The minimum atomic E-state index is -0.530. The molecule has 2 aromatic rings. The number of aliphatic hydroxyl groups excluding tert-OH is 2. The van der Waals surface area contributed by atoms with E-state index >= 15 is 0 Å². The van der Waals surface area contributed by atoms with Gasteiger partial charge in [-0.05, 0) is 47.2 Å². The number of benzene rings is 2. The molecular formula is C28H42N2O4. The van der Waals surface area contributed by atoms with E-state index in [9.17, 15) is 10.2 Å². The van der Waals surface area contributed by atoms with Crippen LogP contribution < -0.4 is 9.47 Å². The molecule has 0 aromatic heterocycles. The molecule has 0 radical (unpaired) electrons. The summed E-state index contributed by atoms with van der Waals surface area (Å²) in [4.78, 5) is 4.51. The minimum absolute atomic E-state index is 0.287. The van der Waals surface area contributed by atoms with Gasteiger partial charge in [0.15, 0.2) is 0 Å². The molecule has 2 aromatic carbocycles. The summed E-state index contributed by atoms with van der Waals surface area (Å²) < 4.78 is 11.5. The van der Waals surface area contributed by atoms with Crippen LogP contribution in [0.5, 0.6) is 11.5 Å². The van der Waals surface area contributed by atoms with Crippen molar-refractivity contribution in [2.45, 2.75) is 51.7 Å². The summed E-state index contributed by atoms with van der Waals surface area (Å²) in [5.74, 6) is 2.57. The summed E-state index contributed by atoms with van der Waals surface area (Å²) in [6.07, 6.45) is -1.06. The molecule has 188 valence electrons. The fourth-order valence-electron chi connectivity index (χ4n) is 4.14. The molecule has 0 aliphatic carbocycles. The van der Waals surface area contributed by atoms with E-state index in [0.717, 1.165) is 37.7 Å². The van der Waals surface area contributed by atoms with Gasteiger partial charge in [0.2, 0.25) is 0 Å². The van der Waals surface area contributed by atoms with Crippen molar-refractivity contribution < 1.29 is 19.7 Å². The maximum absolute atomic E-state index is 10.4. The van der Waals surface area contributed by atoms with Crippen LogP contribution in [0.25, 0.3) is 0 Å². The molecule has 3 rings (SSSR count). The van der Waals surface area contributed by atoms with Crippen LogP contribution in [0.4, 0.5) is 0 Å². The number of piperazine rings is 1. The molecule has 1 aliphatic rings. The van der Waals surface area contributed by atoms with Crippen molar-refractivity contribution in [1.29, 1.82) is 0 Å². The summed E-state index contributed by atoms with van der Waals surface area (Å²) in [6, 6.07) is 16.2. The Hall–Kier alpha value is -2.12. The van der Waals surface area contributed by atoms with E-state index in [2.05, 4.69) is 61.8 Å². The molecule has 0 bridgehead atoms. The highest BCUT2D eigenvalue weighted by molar-refractivity contribution is 5.29. The van der Waals surface area contributed by atoms with E-state index < -0.39 is 12.2 Å². The number of nitrogens with zero attached hydrogens (tertiary/aromatic N) is 2. The van der Waals surface area contributed by atoms with Crippen LogP contribution in [0.2, 0.25) is 0 Å². The first-order chi connectivity index (χ1) is 16.3. The highest BCUT2D eigenvalue weighted by Crippen LogP contribution is 2.20. The van der Waals surface area contributed by atoms with Crippen molar-refractivity contribution in [1.82, 2.24) is 9.80 Å². The largest absolute Gasteiger partial charge is 0.491 e. The second-order valence-electron chi connectivity index (χ2n) is 9.98. The van der Waals surface area contributed by atoms with Crippen molar-refractivity contribution in [3.63, 3.8) is 0 Å². The maximum atomic E-state index is 10.4. The molecule has 6 heteroatoms. The highest BCUT2D eigenvalue weighted by Gasteiger charge is 2.21. The smallest absolute Gasteiger partial charge is 0.119 e. The van der Waals surface area contributed by atoms with Gasteiger partial charge in [-0.25, -0.2) is 0 Å². The van der Waals surface area contributed by atoms with E-state index in [1.807, 2.05) is 24.3 Å². The molecular weight excluding hydrogens is 428 g/mol. The predicted molar refractivity (Wildman–Crippen MR) is 137 cm³/mol. The Morgan fingerprint density at radius 1 is 0.618 bits per heavy atom. The molecule has 6 nitrogen and oxygen atoms in total. The zero-order valence-corrected chi connectivity index (χ0v) is 21.2. The molecule has 34 heavy (non-hydrogen) atoms. The third-order valence-corrected chi connectivity index (χ3v) is 6.38. The van der Waals surface area contributed by atoms with Crippen LogP contribution in [0.3, 0.4) is 0 Å². The SMILES string of the molecule is CC(C)c1ccc(OC[C@H](O)CN2CCN(C[C@@H](O)COc3ccc(C(C)C)cc3)CC2)cc1. The van der Waals surface area contributed by atoms with Crippen LogP contribution in [0.15, 0.2) is 48.5 Å². The van der Waals surface area contributed by atoms with Crippen molar-refractivity contribution in [2.24, 2.45) is 0 Å². The quantitative estimate of drug-likeness (QED) is 0.493. The topological polar surface area (TPSA) is 65.4 Å². The van der Waals surface area contributed by atoms with Gasteiger partial charge < -0.3 is 19.7 Å². The summed E-state index contributed by atoms with van der Waals surface area (Å²) in [6.45, 7) is 13.9. The third kappa shape index (κ3) is 8.58. The highest BCUT2D eigenvalue weighted by atomic mass is 16.5. The molecule has 1 saturated heterocycles. The first-order valence-electron chi connectivity index (χ1n) is 12.6. The summed E-state index contributed by atoms with van der Waals surface area (Å²) in [5.41, 5.74) is 2.56. The first-order valence-corrected chi connectivity index (χ1v) is 12.6. The van der Waals surface area contributed by atoms with Crippen LogP contribution in [0, 0.1) is 0 Å². The van der Waals surface area contributed by atoms with Crippen LogP contribution in [-0.4, -0.2) is 84.7 Å². The molecule has 1 heterocycles. The van der Waals surface area contributed by atoms with Crippen LogP contribution in [-0.2, 0) is 0 Å².